The minimum absolute atomic E-state index is 0.216. The van der Waals surface area contributed by atoms with Gasteiger partial charge < -0.3 is 10.6 Å². The normalized spacial score (nSPS) is 26.8. The highest BCUT2D eigenvalue weighted by Gasteiger charge is 2.26. The number of carbonyl (C=O) groups excluding carboxylic acids is 1. The molecule has 2 atom stereocenters. The predicted octanol–water partition coefficient (Wildman–Crippen LogP) is 0.381. The molecular formula is C12H25N3O. The molecule has 2 N–H and O–H groups in total. The summed E-state index contributed by atoms with van der Waals surface area (Å²) in [6.07, 6.45) is 1.16. The van der Waals surface area contributed by atoms with Crippen molar-refractivity contribution >= 4 is 5.91 Å². The lowest BCUT2D eigenvalue weighted by molar-refractivity contribution is -0.131. The van der Waals surface area contributed by atoms with Gasteiger partial charge in [0.2, 0.25) is 5.91 Å². The molecule has 94 valence electrons. The Balaban J connectivity index is 2.41. The van der Waals surface area contributed by atoms with Gasteiger partial charge in [0.15, 0.2) is 0 Å². The molecule has 1 amide bonds. The molecule has 0 spiro atoms. The number of nitrogens with zero attached hydrogens (tertiary/aromatic N) is 2. The lowest BCUT2D eigenvalue weighted by Crippen LogP contribution is -2.46. The van der Waals surface area contributed by atoms with Crippen molar-refractivity contribution in [1.29, 1.82) is 0 Å². The lowest BCUT2D eigenvalue weighted by Gasteiger charge is -2.36. The largest absolute Gasteiger partial charge is 0.345 e. The van der Waals surface area contributed by atoms with E-state index in [-0.39, 0.29) is 5.91 Å². The van der Waals surface area contributed by atoms with Crippen LogP contribution in [0.2, 0.25) is 0 Å². The summed E-state index contributed by atoms with van der Waals surface area (Å²) >= 11 is 0. The SMILES string of the molecule is CCN(C)C(=O)CN1CCC(C)C(CN)C1. The van der Waals surface area contributed by atoms with Gasteiger partial charge in [0.05, 0.1) is 6.54 Å². The zero-order valence-electron chi connectivity index (χ0n) is 10.8. The van der Waals surface area contributed by atoms with Crippen molar-refractivity contribution < 1.29 is 4.79 Å². The third-order valence-electron chi connectivity index (χ3n) is 3.76. The molecule has 2 unspecified atom stereocenters. The zero-order valence-corrected chi connectivity index (χ0v) is 10.8. The number of nitrogens with two attached hydrogens (primary N) is 1. The first-order chi connectivity index (χ1) is 7.58. The summed E-state index contributed by atoms with van der Waals surface area (Å²) in [4.78, 5) is 15.8. The fourth-order valence-electron chi connectivity index (χ4n) is 2.16. The summed E-state index contributed by atoms with van der Waals surface area (Å²) in [7, 11) is 1.86. The first-order valence-corrected chi connectivity index (χ1v) is 6.24. The third-order valence-corrected chi connectivity index (χ3v) is 3.76. The van der Waals surface area contributed by atoms with Gasteiger partial charge in [-0.1, -0.05) is 6.92 Å². The van der Waals surface area contributed by atoms with Gasteiger partial charge in [0.25, 0.3) is 0 Å². The molecule has 1 aliphatic heterocycles. The van der Waals surface area contributed by atoms with Crippen molar-refractivity contribution in [3.63, 3.8) is 0 Å². The van der Waals surface area contributed by atoms with Crippen molar-refractivity contribution in [2.24, 2.45) is 17.6 Å². The van der Waals surface area contributed by atoms with Gasteiger partial charge in [-0.05, 0) is 38.3 Å². The van der Waals surface area contributed by atoms with Crippen LogP contribution in [-0.4, -0.2) is 55.5 Å². The van der Waals surface area contributed by atoms with Crippen molar-refractivity contribution in [2.75, 3.05) is 39.8 Å². The van der Waals surface area contributed by atoms with E-state index < -0.39 is 0 Å². The molecule has 1 rings (SSSR count). The van der Waals surface area contributed by atoms with Crippen LogP contribution in [0.5, 0.6) is 0 Å². The van der Waals surface area contributed by atoms with Crippen LogP contribution in [0.25, 0.3) is 0 Å². The fraction of sp³-hybridized carbons (Fsp3) is 0.917. The molecule has 0 saturated carbocycles. The summed E-state index contributed by atoms with van der Waals surface area (Å²) in [5.74, 6) is 1.46. The predicted molar refractivity (Wildman–Crippen MR) is 66.1 cm³/mol. The second-order valence-corrected chi connectivity index (χ2v) is 4.90. The highest BCUT2D eigenvalue weighted by molar-refractivity contribution is 5.77. The average molecular weight is 227 g/mol. The number of hydrogen-bond acceptors (Lipinski definition) is 3. The Labute approximate surface area is 98.8 Å². The van der Waals surface area contributed by atoms with Gasteiger partial charge >= 0.3 is 0 Å². The summed E-state index contributed by atoms with van der Waals surface area (Å²) in [6.45, 7) is 8.32. The Morgan fingerprint density at radius 3 is 2.81 bits per heavy atom. The van der Waals surface area contributed by atoms with Crippen molar-refractivity contribution in [3.8, 4) is 0 Å². The molecule has 0 aromatic rings. The molecule has 4 heteroatoms. The second-order valence-electron chi connectivity index (χ2n) is 4.90. The van der Waals surface area contributed by atoms with E-state index in [9.17, 15) is 4.79 Å². The Morgan fingerprint density at radius 1 is 1.56 bits per heavy atom. The molecule has 1 fully saturated rings. The molecule has 1 saturated heterocycles. The Kier molecular flexibility index (Phi) is 5.22. The molecule has 1 heterocycles. The van der Waals surface area contributed by atoms with E-state index in [1.807, 2.05) is 14.0 Å². The van der Waals surface area contributed by atoms with E-state index >= 15 is 0 Å². The maximum absolute atomic E-state index is 11.8. The van der Waals surface area contributed by atoms with Crippen LogP contribution in [0, 0.1) is 11.8 Å². The van der Waals surface area contributed by atoms with E-state index in [1.165, 1.54) is 0 Å². The number of likely N-dealkylation sites (N-methyl/N-ethyl adjacent to an activating group) is 1. The maximum atomic E-state index is 11.8. The number of carbonyl (C=O) groups is 1. The molecule has 0 radical (unpaired) electrons. The zero-order chi connectivity index (χ0) is 12.1. The molecule has 0 bridgehead atoms. The van der Waals surface area contributed by atoms with Gasteiger partial charge in [-0.2, -0.15) is 0 Å². The van der Waals surface area contributed by atoms with Crippen molar-refractivity contribution in [1.82, 2.24) is 9.80 Å². The summed E-state index contributed by atoms with van der Waals surface area (Å²) in [5.41, 5.74) is 5.75. The molecule has 0 aromatic heterocycles. The molecule has 16 heavy (non-hydrogen) atoms. The highest BCUT2D eigenvalue weighted by atomic mass is 16.2. The second kappa shape index (κ2) is 6.21. The molecular weight excluding hydrogens is 202 g/mol. The van der Waals surface area contributed by atoms with Crippen LogP contribution in [0.15, 0.2) is 0 Å². The summed E-state index contributed by atoms with van der Waals surface area (Å²) in [6, 6.07) is 0. The van der Waals surface area contributed by atoms with Crippen LogP contribution in [-0.2, 0) is 4.79 Å². The van der Waals surface area contributed by atoms with Crippen molar-refractivity contribution in [3.05, 3.63) is 0 Å². The monoisotopic (exact) mass is 227 g/mol. The highest BCUT2D eigenvalue weighted by Crippen LogP contribution is 2.21. The lowest BCUT2D eigenvalue weighted by atomic mass is 9.87. The first-order valence-electron chi connectivity index (χ1n) is 6.24. The van der Waals surface area contributed by atoms with Crippen LogP contribution < -0.4 is 5.73 Å². The standard InChI is InChI=1S/C12H25N3O/c1-4-14(3)12(16)9-15-6-5-10(2)11(7-13)8-15/h10-11H,4-9,13H2,1-3H3. The molecule has 4 nitrogen and oxygen atoms in total. The van der Waals surface area contributed by atoms with Crippen LogP contribution >= 0.6 is 0 Å². The third kappa shape index (κ3) is 3.46. The van der Waals surface area contributed by atoms with Crippen LogP contribution in [0.1, 0.15) is 20.3 Å². The molecule has 0 aliphatic carbocycles. The van der Waals surface area contributed by atoms with E-state index in [1.54, 1.807) is 4.90 Å². The van der Waals surface area contributed by atoms with Crippen LogP contribution in [0.4, 0.5) is 0 Å². The number of amides is 1. The Morgan fingerprint density at radius 2 is 2.25 bits per heavy atom. The van der Waals surface area contributed by atoms with Crippen LogP contribution in [0.3, 0.4) is 0 Å². The minimum Gasteiger partial charge on any atom is -0.345 e. The Hall–Kier alpha value is -0.610. The van der Waals surface area contributed by atoms with Gasteiger partial charge in [-0.15, -0.1) is 0 Å². The first kappa shape index (κ1) is 13.5. The average Bonchev–Trinajstić information content (AvgIpc) is 2.30. The topological polar surface area (TPSA) is 49.6 Å². The van der Waals surface area contributed by atoms with Crippen molar-refractivity contribution in [2.45, 2.75) is 20.3 Å². The van der Waals surface area contributed by atoms with Gasteiger partial charge in [0, 0.05) is 20.1 Å². The Bertz CT molecular complexity index is 232. The fourth-order valence-corrected chi connectivity index (χ4v) is 2.16. The minimum atomic E-state index is 0.216. The summed E-state index contributed by atoms with van der Waals surface area (Å²) in [5, 5.41) is 0. The van der Waals surface area contributed by atoms with E-state index in [2.05, 4.69) is 11.8 Å². The van der Waals surface area contributed by atoms with Gasteiger partial charge in [-0.3, -0.25) is 9.69 Å². The number of piperidine rings is 1. The van der Waals surface area contributed by atoms with Gasteiger partial charge in [0.1, 0.15) is 0 Å². The number of likely N-dealkylation sites (tertiary alicyclic amines) is 1. The van der Waals surface area contributed by atoms with E-state index in [0.29, 0.717) is 18.4 Å². The molecule has 0 aromatic carbocycles. The summed E-state index contributed by atoms with van der Waals surface area (Å²) < 4.78 is 0. The van der Waals surface area contributed by atoms with Gasteiger partial charge in [-0.25, -0.2) is 0 Å². The number of rotatable bonds is 4. The number of hydrogen-bond donors (Lipinski definition) is 1. The maximum Gasteiger partial charge on any atom is 0.236 e. The smallest absolute Gasteiger partial charge is 0.236 e. The van der Waals surface area contributed by atoms with E-state index in [4.69, 9.17) is 5.73 Å². The van der Waals surface area contributed by atoms with E-state index in [0.717, 1.165) is 32.6 Å². The molecule has 1 aliphatic rings. The quantitative estimate of drug-likeness (QED) is 0.755.